The summed E-state index contributed by atoms with van der Waals surface area (Å²) in [5.41, 5.74) is 3.91. The van der Waals surface area contributed by atoms with Gasteiger partial charge in [-0.3, -0.25) is 4.99 Å². The van der Waals surface area contributed by atoms with Gasteiger partial charge < -0.3 is 0 Å². The summed E-state index contributed by atoms with van der Waals surface area (Å²) in [6, 6.07) is 8.52. The van der Waals surface area contributed by atoms with Crippen molar-refractivity contribution >= 4 is 29.8 Å². The second-order valence-electron chi connectivity index (χ2n) is 6.71. The normalized spacial score (nSPS) is 22.8. The number of benzene rings is 1. The number of rotatable bonds is 3. The quantitative estimate of drug-likeness (QED) is 0.495. The van der Waals surface area contributed by atoms with Crippen molar-refractivity contribution in [2.75, 3.05) is 0 Å². The van der Waals surface area contributed by atoms with E-state index >= 15 is 0 Å². The molecule has 0 N–H and O–H groups in total. The number of nitrogens with zero attached hydrogens (tertiary/aromatic N) is 1. The standard InChI is InChI=1S/C17H27NSSi/c1-14-10-8-9-11-15(14)18-16-12-6-5-7-13-17(16)19-20(2,3)4/h8-11,17H,5-7,12-13H2,1-4H3/b18-16+. The zero-order chi connectivity index (χ0) is 14.6. The molecule has 20 heavy (non-hydrogen) atoms. The number of para-hydroxylation sites is 1. The van der Waals surface area contributed by atoms with Gasteiger partial charge in [0.05, 0.1) is 5.69 Å². The lowest BCUT2D eigenvalue weighted by atomic mass is 10.1. The van der Waals surface area contributed by atoms with Crippen LogP contribution in [-0.2, 0) is 0 Å². The Balaban J connectivity index is 2.26. The molecule has 1 aliphatic carbocycles. The fourth-order valence-electron chi connectivity index (χ4n) is 2.67. The van der Waals surface area contributed by atoms with Gasteiger partial charge in [0.1, 0.15) is 7.22 Å². The summed E-state index contributed by atoms with van der Waals surface area (Å²) in [5, 5.41) is 0.656. The van der Waals surface area contributed by atoms with E-state index in [1.54, 1.807) is 0 Å². The smallest absolute Gasteiger partial charge is 0.109 e. The molecule has 1 atom stereocenters. The first kappa shape index (κ1) is 15.8. The second kappa shape index (κ2) is 6.95. The van der Waals surface area contributed by atoms with Crippen LogP contribution < -0.4 is 0 Å². The van der Waals surface area contributed by atoms with Gasteiger partial charge in [0.2, 0.25) is 0 Å². The predicted octanol–water partition coefficient (Wildman–Crippen LogP) is 5.97. The first-order chi connectivity index (χ1) is 9.46. The molecule has 1 aliphatic rings. The SMILES string of the molecule is Cc1ccccc1/N=C1\CCCCCC1S[Si](C)(C)C. The van der Waals surface area contributed by atoms with Crippen molar-refractivity contribution < 1.29 is 0 Å². The maximum Gasteiger partial charge on any atom is 0.109 e. The highest BCUT2D eigenvalue weighted by atomic mass is 32.4. The molecular weight excluding hydrogens is 278 g/mol. The van der Waals surface area contributed by atoms with Crippen LogP contribution in [0.15, 0.2) is 29.3 Å². The Labute approximate surface area is 128 Å². The fraction of sp³-hybridized carbons (Fsp3) is 0.588. The molecule has 0 amide bonds. The van der Waals surface area contributed by atoms with Crippen LogP contribution in [0.2, 0.25) is 19.6 Å². The van der Waals surface area contributed by atoms with Gasteiger partial charge in [-0.15, -0.1) is 0 Å². The average Bonchev–Trinajstić information content (AvgIpc) is 2.56. The predicted molar refractivity (Wildman–Crippen MR) is 96.1 cm³/mol. The summed E-state index contributed by atoms with van der Waals surface area (Å²) in [6.45, 7) is 9.52. The molecule has 0 spiro atoms. The fourth-order valence-corrected chi connectivity index (χ4v) is 7.43. The van der Waals surface area contributed by atoms with E-state index in [-0.39, 0.29) is 0 Å². The Kier molecular flexibility index (Phi) is 5.50. The molecule has 3 heteroatoms. The molecule has 2 rings (SSSR count). The molecule has 1 fully saturated rings. The minimum Gasteiger partial charge on any atom is -0.256 e. The number of hydrogen-bond acceptors (Lipinski definition) is 2. The highest BCUT2D eigenvalue weighted by Gasteiger charge is 2.26. The maximum absolute atomic E-state index is 5.06. The third-order valence-electron chi connectivity index (χ3n) is 3.65. The molecule has 1 aromatic carbocycles. The first-order valence-electron chi connectivity index (χ1n) is 7.76. The van der Waals surface area contributed by atoms with Crippen LogP contribution in [0.25, 0.3) is 0 Å². The molecule has 1 unspecified atom stereocenters. The van der Waals surface area contributed by atoms with Gasteiger partial charge in [0.25, 0.3) is 0 Å². The van der Waals surface area contributed by atoms with Gasteiger partial charge in [0, 0.05) is 11.0 Å². The summed E-state index contributed by atoms with van der Waals surface area (Å²) in [7, 11) is -1.10. The van der Waals surface area contributed by atoms with Crippen molar-refractivity contribution in [3.63, 3.8) is 0 Å². The molecule has 0 saturated heterocycles. The maximum atomic E-state index is 5.06. The van der Waals surface area contributed by atoms with E-state index in [1.165, 1.54) is 49.1 Å². The summed E-state index contributed by atoms with van der Waals surface area (Å²) >= 11 is 2.23. The van der Waals surface area contributed by atoms with Crippen LogP contribution in [-0.4, -0.2) is 18.2 Å². The minimum atomic E-state index is -1.10. The van der Waals surface area contributed by atoms with Crippen LogP contribution in [0.3, 0.4) is 0 Å². The molecular formula is C17H27NSSi. The van der Waals surface area contributed by atoms with Crippen molar-refractivity contribution in [3.05, 3.63) is 29.8 Å². The highest BCUT2D eigenvalue weighted by Crippen LogP contribution is 2.34. The van der Waals surface area contributed by atoms with Crippen LogP contribution in [0.4, 0.5) is 5.69 Å². The molecule has 1 saturated carbocycles. The van der Waals surface area contributed by atoms with E-state index in [1.807, 2.05) is 0 Å². The van der Waals surface area contributed by atoms with E-state index < -0.39 is 7.22 Å². The lowest BCUT2D eigenvalue weighted by molar-refractivity contribution is 0.706. The molecule has 0 aliphatic heterocycles. The molecule has 110 valence electrons. The van der Waals surface area contributed by atoms with Gasteiger partial charge in [-0.05, 0) is 37.8 Å². The van der Waals surface area contributed by atoms with Crippen LogP contribution in [0.1, 0.15) is 37.7 Å². The van der Waals surface area contributed by atoms with Gasteiger partial charge in [-0.2, -0.15) is 11.2 Å². The number of hydrogen-bond donors (Lipinski definition) is 0. The Morgan fingerprint density at radius 3 is 2.55 bits per heavy atom. The molecule has 0 aromatic heterocycles. The van der Waals surface area contributed by atoms with Crippen molar-refractivity contribution in [2.45, 2.75) is 63.9 Å². The summed E-state index contributed by atoms with van der Waals surface area (Å²) < 4.78 is 0. The molecule has 0 heterocycles. The largest absolute Gasteiger partial charge is 0.256 e. The summed E-state index contributed by atoms with van der Waals surface area (Å²) in [6.07, 6.45) is 6.56. The summed E-state index contributed by atoms with van der Waals surface area (Å²) in [4.78, 5) is 5.06. The molecule has 1 aromatic rings. The van der Waals surface area contributed by atoms with Gasteiger partial charge in [-0.1, -0.05) is 50.7 Å². The van der Waals surface area contributed by atoms with E-state index in [0.717, 1.165) is 0 Å². The Morgan fingerprint density at radius 1 is 1.10 bits per heavy atom. The van der Waals surface area contributed by atoms with Crippen molar-refractivity contribution in [1.29, 1.82) is 0 Å². The lowest BCUT2D eigenvalue weighted by Gasteiger charge is -2.24. The molecule has 0 radical (unpaired) electrons. The van der Waals surface area contributed by atoms with E-state index in [9.17, 15) is 0 Å². The Bertz CT molecular complexity index is 476. The third-order valence-corrected chi connectivity index (χ3v) is 8.12. The summed E-state index contributed by atoms with van der Waals surface area (Å²) in [5.74, 6) is 0. The van der Waals surface area contributed by atoms with Crippen LogP contribution in [0.5, 0.6) is 0 Å². The van der Waals surface area contributed by atoms with Crippen LogP contribution in [0, 0.1) is 6.92 Å². The zero-order valence-corrected chi connectivity index (χ0v) is 15.1. The van der Waals surface area contributed by atoms with E-state index in [4.69, 9.17) is 4.99 Å². The zero-order valence-electron chi connectivity index (χ0n) is 13.3. The van der Waals surface area contributed by atoms with Gasteiger partial charge in [0.15, 0.2) is 0 Å². The minimum absolute atomic E-state index is 0.656. The highest BCUT2D eigenvalue weighted by molar-refractivity contribution is 8.29. The second-order valence-corrected chi connectivity index (χ2v) is 16.1. The van der Waals surface area contributed by atoms with E-state index in [2.05, 4.69) is 62.0 Å². The van der Waals surface area contributed by atoms with Crippen LogP contribution >= 0.6 is 11.2 Å². The Hall–Kier alpha value is -0.543. The number of aliphatic imine (C=N–C) groups is 1. The Morgan fingerprint density at radius 2 is 1.85 bits per heavy atom. The van der Waals surface area contributed by atoms with Crippen molar-refractivity contribution in [3.8, 4) is 0 Å². The number of aryl methyl sites for hydroxylation is 1. The first-order valence-corrected chi connectivity index (χ1v) is 12.9. The van der Waals surface area contributed by atoms with Gasteiger partial charge in [-0.25, -0.2) is 0 Å². The average molecular weight is 306 g/mol. The third kappa shape index (κ3) is 4.78. The van der Waals surface area contributed by atoms with E-state index in [0.29, 0.717) is 5.25 Å². The van der Waals surface area contributed by atoms with Gasteiger partial charge >= 0.3 is 0 Å². The topological polar surface area (TPSA) is 12.4 Å². The van der Waals surface area contributed by atoms with Crippen molar-refractivity contribution in [1.82, 2.24) is 0 Å². The molecule has 1 nitrogen and oxygen atoms in total. The lowest BCUT2D eigenvalue weighted by Crippen LogP contribution is -2.25. The van der Waals surface area contributed by atoms with Crippen molar-refractivity contribution in [2.24, 2.45) is 4.99 Å². The molecule has 0 bridgehead atoms. The monoisotopic (exact) mass is 305 g/mol.